The van der Waals surface area contributed by atoms with E-state index in [0.29, 0.717) is 12.6 Å². The summed E-state index contributed by atoms with van der Waals surface area (Å²) in [7, 11) is 0. The monoisotopic (exact) mass is 291 g/mol. The molecule has 3 rings (SSSR count). The maximum absolute atomic E-state index is 11.7. The average molecular weight is 291 g/mol. The van der Waals surface area contributed by atoms with Gasteiger partial charge in [-0.2, -0.15) is 0 Å². The fourth-order valence-corrected chi connectivity index (χ4v) is 3.64. The number of hydrogen-bond acceptors (Lipinski definition) is 3. The van der Waals surface area contributed by atoms with Crippen molar-refractivity contribution in [1.82, 2.24) is 9.47 Å². The average Bonchev–Trinajstić information content (AvgIpc) is 2.93. The minimum atomic E-state index is -0.174. The smallest absolute Gasteiger partial charge is 0.409 e. The van der Waals surface area contributed by atoms with Gasteiger partial charge in [0.25, 0.3) is 0 Å². The van der Waals surface area contributed by atoms with Gasteiger partial charge in [-0.25, -0.2) is 4.79 Å². The molecule has 1 unspecified atom stereocenters. The van der Waals surface area contributed by atoms with Gasteiger partial charge in [0.05, 0.1) is 6.61 Å². The van der Waals surface area contributed by atoms with E-state index in [1.165, 1.54) is 17.7 Å². The number of likely N-dealkylation sites (tertiary alicyclic amines) is 1. The van der Waals surface area contributed by atoms with Gasteiger partial charge in [-0.3, -0.25) is 0 Å². The summed E-state index contributed by atoms with van der Waals surface area (Å²) >= 11 is 0. The second-order valence-electron chi connectivity index (χ2n) is 6.04. The zero-order chi connectivity index (χ0) is 14.8. The lowest BCUT2D eigenvalue weighted by Crippen LogP contribution is -2.39. The molecule has 1 aromatic rings. The van der Waals surface area contributed by atoms with Crippen LogP contribution in [-0.2, 0) is 11.2 Å². The van der Waals surface area contributed by atoms with Crippen LogP contribution in [0.3, 0.4) is 0 Å². The molecule has 2 heterocycles. The number of ether oxygens (including phenoxy) is 1. The van der Waals surface area contributed by atoms with Crippen LogP contribution in [-0.4, -0.2) is 35.3 Å². The van der Waals surface area contributed by atoms with Crippen molar-refractivity contribution in [2.45, 2.75) is 51.1 Å². The minimum absolute atomic E-state index is 0.174. The molecule has 1 amide bonds. The maximum atomic E-state index is 11.7. The Morgan fingerprint density at radius 3 is 2.86 bits per heavy atom. The van der Waals surface area contributed by atoms with Crippen LogP contribution in [0.4, 0.5) is 4.79 Å². The molecular weight excluding hydrogens is 266 g/mol. The second-order valence-corrected chi connectivity index (χ2v) is 6.04. The lowest BCUT2D eigenvalue weighted by Gasteiger charge is -2.33. The number of aromatic nitrogens is 1. The fraction of sp³-hybridized carbons (Fsp3) is 0.688. The third-order valence-electron chi connectivity index (χ3n) is 4.77. The van der Waals surface area contributed by atoms with E-state index in [1.54, 1.807) is 0 Å². The molecule has 1 atom stereocenters. The van der Waals surface area contributed by atoms with Crippen molar-refractivity contribution in [3.8, 4) is 0 Å². The van der Waals surface area contributed by atoms with Crippen molar-refractivity contribution < 1.29 is 9.53 Å². The van der Waals surface area contributed by atoms with Gasteiger partial charge in [0.15, 0.2) is 0 Å². The van der Waals surface area contributed by atoms with E-state index in [4.69, 9.17) is 10.5 Å². The van der Waals surface area contributed by atoms with Gasteiger partial charge in [-0.05, 0) is 50.7 Å². The Bertz CT molecular complexity index is 504. The Morgan fingerprint density at radius 2 is 2.14 bits per heavy atom. The van der Waals surface area contributed by atoms with Crippen LogP contribution in [0.1, 0.15) is 55.9 Å². The van der Waals surface area contributed by atoms with E-state index < -0.39 is 0 Å². The third kappa shape index (κ3) is 2.79. The summed E-state index contributed by atoms with van der Waals surface area (Å²) in [6.45, 7) is 3.85. The zero-order valence-corrected chi connectivity index (χ0v) is 12.8. The first kappa shape index (κ1) is 14.4. The van der Waals surface area contributed by atoms with E-state index in [2.05, 4.69) is 16.8 Å². The van der Waals surface area contributed by atoms with Crippen molar-refractivity contribution in [1.29, 1.82) is 0 Å². The summed E-state index contributed by atoms with van der Waals surface area (Å²) in [5.74, 6) is 0. The number of carbonyl (C=O) groups is 1. The topological polar surface area (TPSA) is 60.5 Å². The van der Waals surface area contributed by atoms with Gasteiger partial charge in [0.1, 0.15) is 0 Å². The van der Waals surface area contributed by atoms with E-state index in [1.807, 2.05) is 11.8 Å². The highest BCUT2D eigenvalue weighted by atomic mass is 16.6. The van der Waals surface area contributed by atoms with Crippen LogP contribution in [0.5, 0.6) is 0 Å². The van der Waals surface area contributed by atoms with Crippen molar-refractivity contribution in [2.75, 3.05) is 19.7 Å². The first-order chi connectivity index (χ1) is 10.2. The molecule has 1 aliphatic heterocycles. The zero-order valence-electron chi connectivity index (χ0n) is 12.8. The van der Waals surface area contributed by atoms with Gasteiger partial charge in [-0.1, -0.05) is 0 Å². The largest absolute Gasteiger partial charge is 0.450 e. The second kappa shape index (κ2) is 6.10. The first-order valence-corrected chi connectivity index (χ1v) is 8.07. The molecule has 0 aromatic carbocycles. The van der Waals surface area contributed by atoms with Crippen LogP contribution in [0.15, 0.2) is 12.3 Å². The first-order valence-electron chi connectivity index (χ1n) is 8.07. The number of carbonyl (C=O) groups excluding carboxylic acids is 1. The van der Waals surface area contributed by atoms with Crippen LogP contribution < -0.4 is 5.73 Å². The SMILES string of the molecule is CCOC(=O)N1CCC(n2ccc3c2CCCC3N)CC1. The van der Waals surface area contributed by atoms with Crippen LogP contribution in [0.2, 0.25) is 0 Å². The Labute approximate surface area is 126 Å². The molecule has 5 nitrogen and oxygen atoms in total. The molecule has 2 N–H and O–H groups in total. The van der Waals surface area contributed by atoms with E-state index in [0.717, 1.165) is 38.8 Å². The summed E-state index contributed by atoms with van der Waals surface area (Å²) in [6, 6.07) is 2.89. The van der Waals surface area contributed by atoms with E-state index in [9.17, 15) is 4.79 Å². The molecule has 1 saturated heterocycles. The predicted molar refractivity (Wildman–Crippen MR) is 81.2 cm³/mol. The Balaban J connectivity index is 1.66. The van der Waals surface area contributed by atoms with Crippen molar-refractivity contribution in [3.05, 3.63) is 23.5 Å². The van der Waals surface area contributed by atoms with E-state index >= 15 is 0 Å². The molecule has 0 saturated carbocycles. The quantitative estimate of drug-likeness (QED) is 0.911. The highest BCUT2D eigenvalue weighted by Gasteiger charge is 2.28. The minimum Gasteiger partial charge on any atom is -0.450 e. The molecule has 0 bridgehead atoms. The molecule has 0 radical (unpaired) electrons. The van der Waals surface area contributed by atoms with Gasteiger partial charge >= 0.3 is 6.09 Å². The molecule has 21 heavy (non-hydrogen) atoms. The highest BCUT2D eigenvalue weighted by Crippen LogP contribution is 2.33. The lowest BCUT2D eigenvalue weighted by molar-refractivity contribution is 0.0924. The van der Waals surface area contributed by atoms with Crippen LogP contribution in [0.25, 0.3) is 0 Å². The maximum Gasteiger partial charge on any atom is 0.409 e. The summed E-state index contributed by atoms with van der Waals surface area (Å²) < 4.78 is 7.49. The number of amides is 1. The van der Waals surface area contributed by atoms with Gasteiger partial charge in [0.2, 0.25) is 0 Å². The van der Waals surface area contributed by atoms with E-state index in [-0.39, 0.29) is 12.1 Å². The van der Waals surface area contributed by atoms with Crippen molar-refractivity contribution >= 4 is 6.09 Å². The fourth-order valence-electron chi connectivity index (χ4n) is 3.64. The summed E-state index contributed by atoms with van der Waals surface area (Å²) in [6.07, 6.45) is 7.42. The van der Waals surface area contributed by atoms with Gasteiger partial charge < -0.3 is 19.9 Å². The third-order valence-corrected chi connectivity index (χ3v) is 4.77. The van der Waals surface area contributed by atoms with Crippen molar-refractivity contribution in [2.24, 2.45) is 5.73 Å². The summed E-state index contributed by atoms with van der Waals surface area (Å²) in [5, 5.41) is 0. The molecule has 1 aromatic heterocycles. The predicted octanol–water partition coefficient (Wildman–Crippen LogP) is 2.62. The van der Waals surface area contributed by atoms with Crippen LogP contribution in [0, 0.1) is 0 Å². The number of hydrogen-bond donors (Lipinski definition) is 1. The standard InChI is InChI=1S/C16H25N3O2/c1-2-21-16(20)18-9-6-12(7-10-18)19-11-8-13-14(17)4-3-5-15(13)19/h8,11-12,14H,2-7,9-10,17H2,1H3. The molecule has 5 heteroatoms. The molecule has 2 aliphatic rings. The Kier molecular flexibility index (Phi) is 4.19. The molecule has 116 valence electrons. The van der Waals surface area contributed by atoms with Gasteiger partial charge in [-0.15, -0.1) is 0 Å². The number of nitrogens with zero attached hydrogens (tertiary/aromatic N) is 2. The molecular formula is C16H25N3O2. The Hall–Kier alpha value is -1.49. The lowest BCUT2D eigenvalue weighted by atomic mass is 9.93. The normalized spacial score (nSPS) is 23.0. The number of rotatable bonds is 2. The van der Waals surface area contributed by atoms with Crippen LogP contribution >= 0.6 is 0 Å². The molecule has 1 aliphatic carbocycles. The summed E-state index contributed by atoms with van der Waals surface area (Å²) in [4.78, 5) is 13.6. The van der Waals surface area contributed by atoms with Crippen molar-refractivity contribution in [3.63, 3.8) is 0 Å². The number of piperidine rings is 1. The number of nitrogens with two attached hydrogens (primary N) is 1. The van der Waals surface area contributed by atoms with Gasteiger partial charge in [0, 0.05) is 37.1 Å². The molecule has 0 spiro atoms. The summed E-state index contributed by atoms with van der Waals surface area (Å²) in [5.41, 5.74) is 8.95. The molecule has 1 fully saturated rings. The number of fused-ring (bicyclic) bond motifs is 1. The highest BCUT2D eigenvalue weighted by molar-refractivity contribution is 5.67. The Morgan fingerprint density at radius 1 is 1.38 bits per heavy atom.